The number of phenols is 1. The minimum atomic E-state index is -1.06. The Bertz CT molecular complexity index is 1220. The number of carboxylic acids is 1. The summed E-state index contributed by atoms with van der Waals surface area (Å²) in [5.41, 5.74) is 2.23. The molecule has 0 aromatic heterocycles. The molecule has 4 rings (SSSR count). The van der Waals surface area contributed by atoms with E-state index in [1.807, 2.05) is 42.5 Å². The highest BCUT2D eigenvalue weighted by Gasteiger charge is 2.13. The van der Waals surface area contributed by atoms with Gasteiger partial charge in [-0.25, -0.2) is 4.79 Å². The molecule has 0 saturated heterocycles. The number of fused-ring (bicyclic) bond motifs is 1. The van der Waals surface area contributed by atoms with Crippen molar-refractivity contribution in [3.05, 3.63) is 97.1 Å². The maximum absolute atomic E-state index is 11.1. The molecule has 0 unspecified atom stereocenters. The molecule has 0 aliphatic heterocycles. The Balaban J connectivity index is 1.80. The highest BCUT2D eigenvalue weighted by molar-refractivity contribution is 6.14. The van der Waals surface area contributed by atoms with E-state index < -0.39 is 5.97 Å². The zero-order chi connectivity index (χ0) is 20.4. The van der Waals surface area contributed by atoms with E-state index in [1.54, 1.807) is 42.5 Å². The first-order chi connectivity index (χ1) is 14.0. The second-order valence-corrected chi connectivity index (χ2v) is 6.62. The maximum atomic E-state index is 11.1. The Kier molecular flexibility index (Phi) is 4.75. The van der Waals surface area contributed by atoms with Crippen molar-refractivity contribution in [2.45, 2.75) is 0 Å². The number of phenolic OH excluding ortho intramolecular Hbond substituents is 1. The fraction of sp³-hybridized carbons (Fsp3) is 0. The topological polar surface area (TPSA) is 66.8 Å². The number of hydrogen-bond donors (Lipinski definition) is 2. The molecule has 0 spiro atoms. The van der Waals surface area contributed by atoms with Crippen LogP contribution >= 0.6 is 0 Å². The Labute approximate surface area is 167 Å². The highest BCUT2D eigenvalue weighted by Crippen LogP contribution is 2.40. The largest absolute Gasteiger partial charge is 0.508 e. The summed E-state index contributed by atoms with van der Waals surface area (Å²) >= 11 is 0. The van der Waals surface area contributed by atoms with Crippen LogP contribution in [0, 0.1) is 0 Å². The molecule has 4 aromatic rings. The van der Waals surface area contributed by atoms with Crippen LogP contribution in [0.5, 0.6) is 17.2 Å². The number of ether oxygens (including phenoxy) is 1. The first-order valence-corrected chi connectivity index (χ1v) is 9.04. The predicted octanol–water partition coefficient (Wildman–Crippen LogP) is 6.10. The van der Waals surface area contributed by atoms with Crippen LogP contribution in [-0.4, -0.2) is 16.2 Å². The molecule has 4 aromatic carbocycles. The van der Waals surface area contributed by atoms with Gasteiger partial charge in [0.05, 0.1) is 5.57 Å². The molecule has 4 heteroatoms. The zero-order valence-corrected chi connectivity index (χ0v) is 15.5. The first kappa shape index (κ1) is 18.3. The van der Waals surface area contributed by atoms with Crippen molar-refractivity contribution >= 4 is 22.3 Å². The Morgan fingerprint density at radius 2 is 1.62 bits per heavy atom. The molecule has 29 heavy (non-hydrogen) atoms. The van der Waals surface area contributed by atoms with Crippen molar-refractivity contribution in [1.82, 2.24) is 0 Å². The number of aliphatic carboxylic acids is 1. The van der Waals surface area contributed by atoms with Crippen LogP contribution in [0.2, 0.25) is 0 Å². The number of hydrogen-bond acceptors (Lipinski definition) is 3. The Morgan fingerprint density at radius 3 is 2.34 bits per heavy atom. The third kappa shape index (κ3) is 3.69. The van der Waals surface area contributed by atoms with Gasteiger partial charge < -0.3 is 14.9 Å². The third-order valence-electron chi connectivity index (χ3n) is 4.72. The molecule has 0 aliphatic carbocycles. The number of carboxylic acid groups (broad SMARTS) is 1. The molecule has 0 amide bonds. The smallest absolute Gasteiger partial charge is 0.335 e. The van der Waals surface area contributed by atoms with Gasteiger partial charge in [-0.3, -0.25) is 0 Å². The van der Waals surface area contributed by atoms with Gasteiger partial charge in [0.1, 0.15) is 17.2 Å². The fourth-order valence-corrected chi connectivity index (χ4v) is 3.22. The summed E-state index contributed by atoms with van der Waals surface area (Å²) in [5, 5.41) is 21.0. The van der Waals surface area contributed by atoms with E-state index in [2.05, 4.69) is 6.58 Å². The summed E-state index contributed by atoms with van der Waals surface area (Å²) in [7, 11) is 0. The highest BCUT2D eigenvalue weighted by atomic mass is 16.5. The van der Waals surface area contributed by atoms with Crippen molar-refractivity contribution in [2.24, 2.45) is 0 Å². The van der Waals surface area contributed by atoms with Crippen molar-refractivity contribution in [3.8, 4) is 28.4 Å². The van der Waals surface area contributed by atoms with Crippen LogP contribution < -0.4 is 4.74 Å². The summed E-state index contributed by atoms with van der Waals surface area (Å²) in [6.45, 7) is 3.58. The van der Waals surface area contributed by atoms with Gasteiger partial charge in [-0.1, -0.05) is 61.2 Å². The zero-order valence-electron chi connectivity index (χ0n) is 15.5. The lowest BCUT2D eigenvalue weighted by atomic mass is 9.99. The van der Waals surface area contributed by atoms with Gasteiger partial charge in [-0.15, -0.1) is 0 Å². The molecule has 0 bridgehead atoms. The SMILES string of the molecule is C=C(C(=O)O)c1ccc(Oc2c(-c3cccc(O)c3)ccc3ccccc23)cc1. The van der Waals surface area contributed by atoms with Gasteiger partial charge in [-0.05, 0) is 46.8 Å². The van der Waals surface area contributed by atoms with E-state index in [9.17, 15) is 9.90 Å². The second kappa shape index (κ2) is 7.52. The van der Waals surface area contributed by atoms with Crippen LogP contribution in [0.25, 0.3) is 27.5 Å². The van der Waals surface area contributed by atoms with Crippen molar-refractivity contribution < 1.29 is 19.7 Å². The molecule has 0 heterocycles. The van der Waals surface area contributed by atoms with E-state index in [4.69, 9.17) is 9.84 Å². The van der Waals surface area contributed by atoms with Gasteiger partial charge in [0, 0.05) is 10.9 Å². The van der Waals surface area contributed by atoms with Gasteiger partial charge in [0.2, 0.25) is 0 Å². The molecular formula is C25H18O4. The molecule has 0 atom stereocenters. The van der Waals surface area contributed by atoms with Gasteiger partial charge in [-0.2, -0.15) is 0 Å². The quantitative estimate of drug-likeness (QED) is 0.409. The van der Waals surface area contributed by atoms with E-state index in [0.717, 1.165) is 21.9 Å². The monoisotopic (exact) mass is 382 g/mol. The minimum Gasteiger partial charge on any atom is -0.508 e. The summed E-state index contributed by atoms with van der Waals surface area (Å²) in [4.78, 5) is 11.1. The van der Waals surface area contributed by atoms with Gasteiger partial charge in [0.25, 0.3) is 0 Å². The second-order valence-electron chi connectivity index (χ2n) is 6.62. The van der Waals surface area contributed by atoms with E-state index in [0.29, 0.717) is 17.1 Å². The predicted molar refractivity (Wildman–Crippen MR) is 114 cm³/mol. The summed E-state index contributed by atoms with van der Waals surface area (Å²) in [5.74, 6) is 0.361. The van der Waals surface area contributed by atoms with Gasteiger partial charge >= 0.3 is 5.97 Å². The van der Waals surface area contributed by atoms with Crippen LogP contribution in [0.15, 0.2) is 91.5 Å². The number of carbonyl (C=O) groups is 1. The fourth-order valence-electron chi connectivity index (χ4n) is 3.22. The first-order valence-electron chi connectivity index (χ1n) is 9.04. The van der Waals surface area contributed by atoms with Crippen LogP contribution in [0.1, 0.15) is 5.56 Å². The Morgan fingerprint density at radius 1 is 0.862 bits per heavy atom. The standard InChI is InChI=1S/C25H18O4/c1-16(25(27)28)17-9-12-21(13-10-17)29-24-22-8-3-2-5-18(22)11-14-23(24)19-6-4-7-20(26)15-19/h2-15,26H,1H2,(H,27,28). The van der Waals surface area contributed by atoms with Crippen molar-refractivity contribution in [1.29, 1.82) is 0 Å². The lowest BCUT2D eigenvalue weighted by Gasteiger charge is -2.15. The van der Waals surface area contributed by atoms with E-state index >= 15 is 0 Å². The Hall–Kier alpha value is -4.05. The lowest BCUT2D eigenvalue weighted by molar-refractivity contribution is -0.130. The summed E-state index contributed by atoms with van der Waals surface area (Å²) in [6, 6.07) is 25.7. The normalized spacial score (nSPS) is 10.6. The molecule has 0 saturated carbocycles. The molecule has 2 N–H and O–H groups in total. The van der Waals surface area contributed by atoms with Gasteiger partial charge in [0.15, 0.2) is 0 Å². The molecule has 0 radical (unpaired) electrons. The molecule has 0 fully saturated rings. The van der Waals surface area contributed by atoms with Crippen LogP contribution in [0.3, 0.4) is 0 Å². The van der Waals surface area contributed by atoms with E-state index in [1.165, 1.54) is 0 Å². The average Bonchev–Trinajstić information content (AvgIpc) is 2.74. The third-order valence-corrected chi connectivity index (χ3v) is 4.72. The number of benzene rings is 4. The van der Waals surface area contributed by atoms with Crippen LogP contribution in [-0.2, 0) is 4.79 Å². The minimum absolute atomic E-state index is 0.0298. The number of rotatable bonds is 5. The lowest BCUT2D eigenvalue weighted by Crippen LogP contribution is -1.97. The number of aromatic hydroxyl groups is 1. The van der Waals surface area contributed by atoms with Crippen LogP contribution in [0.4, 0.5) is 0 Å². The maximum Gasteiger partial charge on any atom is 0.335 e. The summed E-state index contributed by atoms with van der Waals surface area (Å²) in [6.07, 6.45) is 0. The molecule has 142 valence electrons. The molecule has 4 nitrogen and oxygen atoms in total. The van der Waals surface area contributed by atoms with E-state index in [-0.39, 0.29) is 11.3 Å². The summed E-state index contributed by atoms with van der Waals surface area (Å²) < 4.78 is 6.25. The average molecular weight is 382 g/mol. The van der Waals surface area contributed by atoms with Crippen molar-refractivity contribution in [3.63, 3.8) is 0 Å². The molecule has 0 aliphatic rings. The molecular weight excluding hydrogens is 364 g/mol. The van der Waals surface area contributed by atoms with Crippen molar-refractivity contribution in [2.75, 3.05) is 0 Å².